The number of carboxylic acid groups (broad SMARTS) is 1. The molecule has 34 heavy (non-hydrogen) atoms. The lowest BCUT2D eigenvalue weighted by atomic mass is 9.93. The van der Waals surface area contributed by atoms with Gasteiger partial charge in [0.05, 0.1) is 25.5 Å². The van der Waals surface area contributed by atoms with Gasteiger partial charge in [-0.15, -0.1) is 0 Å². The lowest BCUT2D eigenvalue weighted by Gasteiger charge is -2.20. The molecular weight excluding hydrogens is 440 g/mol. The smallest absolute Gasteiger partial charge is 0.341 e. The molecule has 2 aromatic rings. The Kier molecular flexibility index (Phi) is 7.78. The summed E-state index contributed by atoms with van der Waals surface area (Å²) in [7, 11) is 3.08. The number of carboxylic acids is 1. The molecule has 3 N–H and O–H groups in total. The average molecular weight is 469 g/mol. The molecule has 0 spiro atoms. The van der Waals surface area contributed by atoms with Gasteiger partial charge in [0.1, 0.15) is 18.1 Å². The largest absolute Gasteiger partial charge is 0.497 e. The van der Waals surface area contributed by atoms with Gasteiger partial charge in [-0.05, 0) is 56.5 Å². The van der Waals surface area contributed by atoms with E-state index in [0.717, 1.165) is 11.1 Å². The summed E-state index contributed by atoms with van der Waals surface area (Å²) < 4.78 is 16.0. The molecule has 0 saturated heterocycles. The number of methoxy groups -OCH3 is 2. The Morgan fingerprint density at radius 3 is 2.44 bits per heavy atom. The number of urea groups is 1. The Morgan fingerprint density at radius 1 is 1.12 bits per heavy atom. The van der Waals surface area contributed by atoms with Crippen molar-refractivity contribution in [1.29, 1.82) is 0 Å². The monoisotopic (exact) mass is 468 g/mol. The van der Waals surface area contributed by atoms with E-state index >= 15 is 0 Å². The molecule has 180 valence electrons. The number of ether oxygens (including phenoxy) is 3. The molecule has 9 heteroatoms. The molecule has 0 saturated carbocycles. The van der Waals surface area contributed by atoms with E-state index in [1.165, 1.54) is 7.11 Å². The number of anilines is 2. The van der Waals surface area contributed by atoms with Gasteiger partial charge >= 0.3 is 18.0 Å². The van der Waals surface area contributed by atoms with Gasteiger partial charge in [-0.1, -0.05) is 11.6 Å². The lowest BCUT2D eigenvalue weighted by Crippen LogP contribution is -2.22. The first-order chi connectivity index (χ1) is 16.2. The summed E-state index contributed by atoms with van der Waals surface area (Å²) in [5.74, 6) is -0.200. The number of aliphatic carboxylic acids is 1. The van der Waals surface area contributed by atoms with Crippen LogP contribution in [-0.4, -0.2) is 37.3 Å². The van der Waals surface area contributed by atoms with Gasteiger partial charge in [0.15, 0.2) is 0 Å². The summed E-state index contributed by atoms with van der Waals surface area (Å²) in [6.45, 7) is 3.78. The maximum absolute atomic E-state index is 12.9. The zero-order valence-electron chi connectivity index (χ0n) is 19.6. The van der Waals surface area contributed by atoms with Gasteiger partial charge in [0, 0.05) is 23.2 Å². The summed E-state index contributed by atoms with van der Waals surface area (Å²) in [4.78, 5) is 36.3. The predicted octanol–water partition coefficient (Wildman–Crippen LogP) is 4.68. The van der Waals surface area contributed by atoms with Crippen molar-refractivity contribution in [2.24, 2.45) is 0 Å². The number of carbonyl (C=O) groups excluding carboxylic acids is 2. The highest BCUT2D eigenvalue weighted by atomic mass is 16.5. The fourth-order valence-electron chi connectivity index (χ4n) is 3.82. The van der Waals surface area contributed by atoms with E-state index in [1.54, 1.807) is 31.4 Å². The molecule has 3 rings (SSSR count). The summed E-state index contributed by atoms with van der Waals surface area (Å²) in [6, 6.07) is 6.29. The third-order valence-electron chi connectivity index (χ3n) is 5.65. The molecule has 0 aliphatic carbocycles. The van der Waals surface area contributed by atoms with Crippen LogP contribution in [0.5, 0.6) is 11.5 Å². The topological polar surface area (TPSA) is 123 Å². The first-order valence-electron chi connectivity index (χ1n) is 10.7. The maximum Gasteiger partial charge on any atom is 0.341 e. The van der Waals surface area contributed by atoms with Crippen LogP contribution < -0.4 is 20.1 Å². The third kappa shape index (κ3) is 5.48. The van der Waals surface area contributed by atoms with Crippen LogP contribution in [0.4, 0.5) is 16.2 Å². The normalized spacial score (nSPS) is 12.6. The summed E-state index contributed by atoms with van der Waals surface area (Å²) in [5.41, 5.74) is 4.06. The molecule has 2 amide bonds. The van der Waals surface area contributed by atoms with Gasteiger partial charge in [0.25, 0.3) is 0 Å². The quantitative estimate of drug-likeness (QED) is 0.361. The van der Waals surface area contributed by atoms with Crippen LogP contribution in [0, 0.1) is 6.92 Å². The number of hydrogen-bond donors (Lipinski definition) is 3. The number of carbonyl (C=O) groups is 3. The van der Waals surface area contributed by atoms with Crippen LogP contribution in [0.3, 0.4) is 0 Å². The maximum atomic E-state index is 12.9. The van der Waals surface area contributed by atoms with E-state index in [4.69, 9.17) is 19.3 Å². The zero-order valence-corrected chi connectivity index (χ0v) is 19.6. The second-order valence-corrected chi connectivity index (χ2v) is 7.90. The lowest BCUT2D eigenvalue weighted by molar-refractivity contribution is -0.136. The number of rotatable bonds is 9. The van der Waals surface area contributed by atoms with E-state index in [0.29, 0.717) is 52.4 Å². The number of allylic oxidation sites excluding steroid dienone is 2. The Morgan fingerprint density at radius 2 is 1.82 bits per heavy atom. The number of benzene rings is 2. The summed E-state index contributed by atoms with van der Waals surface area (Å²) in [6.07, 6.45) is 2.61. The van der Waals surface area contributed by atoms with Crippen LogP contribution in [0.15, 0.2) is 35.9 Å². The number of esters is 1. The molecule has 0 aromatic heterocycles. The Balaban J connectivity index is 1.97. The van der Waals surface area contributed by atoms with Crippen LogP contribution in [0.2, 0.25) is 0 Å². The zero-order chi connectivity index (χ0) is 24.8. The highest BCUT2D eigenvalue weighted by molar-refractivity contribution is 6.08. The van der Waals surface area contributed by atoms with E-state index in [-0.39, 0.29) is 13.0 Å². The molecule has 0 fully saturated rings. The Labute approximate surface area is 197 Å². The Hall–Kier alpha value is -4.01. The first kappa shape index (κ1) is 24.6. The minimum atomic E-state index is -0.876. The van der Waals surface area contributed by atoms with E-state index in [9.17, 15) is 14.4 Å². The van der Waals surface area contributed by atoms with E-state index in [1.807, 2.05) is 19.9 Å². The number of fused-ring (bicyclic) bond motifs is 1. The van der Waals surface area contributed by atoms with Crippen molar-refractivity contribution in [2.75, 3.05) is 24.9 Å². The van der Waals surface area contributed by atoms with Crippen molar-refractivity contribution in [3.8, 4) is 11.5 Å². The van der Waals surface area contributed by atoms with Crippen LogP contribution in [-0.2, 0) is 22.6 Å². The van der Waals surface area contributed by atoms with Crippen molar-refractivity contribution in [2.45, 2.75) is 39.7 Å². The average Bonchev–Trinajstić information content (AvgIpc) is 3.20. The molecule has 1 aliphatic rings. The summed E-state index contributed by atoms with van der Waals surface area (Å²) >= 11 is 0. The van der Waals surface area contributed by atoms with Gasteiger partial charge in [-0.25, -0.2) is 9.59 Å². The van der Waals surface area contributed by atoms with Crippen LogP contribution in [0.1, 0.15) is 46.8 Å². The fraction of sp³-hybridized carbons (Fsp3) is 0.320. The van der Waals surface area contributed by atoms with Crippen molar-refractivity contribution >= 4 is 29.3 Å². The van der Waals surface area contributed by atoms with Crippen molar-refractivity contribution in [1.82, 2.24) is 0 Å². The van der Waals surface area contributed by atoms with Crippen LogP contribution in [0.25, 0.3) is 0 Å². The molecule has 1 aliphatic heterocycles. The minimum Gasteiger partial charge on any atom is -0.497 e. The number of cyclic esters (lactones) is 1. The van der Waals surface area contributed by atoms with Gasteiger partial charge < -0.3 is 30.0 Å². The van der Waals surface area contributed by atoms with Gasteiger partial charge in [0.2, 0.25) is 0 Å². The third-order valence-corrected chi connectivity index (χ3v) is 5.65. The van der Waals surface area contributed by atoms with Gasteiger partial charge in [-0.2, -0.15) is 0 Å². The van der Waals surface area contributed by atoms with Crippen molar-refractivity contribution in [3.05, 3.63) is 58.2 Å². The van der Waals surface area contributed by atoms with E-state index < -0.39 is 18.0 Å². The predicted molar refractivity (Wildman–Crippen MR) is 127 cm³/mol. The molecule has 2 aromatic carbocycles. The second kappa shape index (κ2) is 10.7. The number of hydrogen-bond acceptors (Lipinski definition) is 6. The molecule has 0 bridgehead atoms. The molecular formula is C25H28N2O7. The SMILES string of the molecule is COc1ccc(NC(=O)Nc2c(CC=C(C)CCC(=O)O)c(OC)c(C)c3c2C(=O)OC3)cc1. The standard InChI is InChI=1S/C25H28N2O7/c1-14(6-12-20(28)29)5-11-18-22(21-19(13-34-24(21)30)15(2)23(18)33-4)27-25(31)26-16-7-9-17(32-3)10-8-16/h5,7-10H,6,11-13H2,1-4H3,(H,28,29)(H2,26,27,31). The molecule has 0 radical (unpaired) electrons. The Bertz CT molecular complexity index is 1140. The number of nitrogens with one attached hydrogen (secondary N) is 2. The fourth-order valence-corrected chi connectivity index (χ4v) is 3.82. The first-order valence-corrected chi connectivity index (χ1v) is 10.7. The van der Waals surface area contributed by atoms with Crippen molar-refractivity contribution in [3.63, 3.8) is 0 Å². The highest BCUT2D eigenvalue weighted by Crippen LogP contribution is 2.41. The molecule has 1 heterocycles. The highest BCUT2D eigenvalue weighted by Gasteiger charge is 2.32. The van der Waals surface area contributed by atoms with Crippen molar-refractivity contribution < 1.29 is 33.7 Å². The van der Waals surface area contributed by atoms with Crippen LogP contribution >= 0.6 is 0 Å². The summed E-state index contributed by atoms with van der Waals surface area (Å²) in [5, 5.41) is 14.5. The van der Waals surface area contributed by atoms with Gasteiger partial charge in [-0.3, -0.25) is 4.79 Å². The van der Waals surface area contributed by atoms with E-state index in [2.05, 4.69) is 10.6 Å². The molecule has 9 nitrogen and oxygen atoms in total. The second-order valence-electron chi connectivity index (χ2n) is 7.90. The molecule has 0 unspecified atom stereocenters. The minimum absolute atomic E-state index is 0.0182. The number of amides is 2. The molecule has 0 atom stereocenters.